The van der Waals surface area contributed by atoms with Gasteiger partial charge in [-0.2, -0.15) is 0 Å². The molecule has 0 aromatic rings. The molecule has 7 heteroatoms. The van der Waals surface area contributed by atoms with Gasteiger partial charge in [0, 0.05) is 0 Å². The fraction of sp³-hybridized carbons (Fsp3) is 0. The molecule has 6 N–H and O–H groups in total. The van der Waals surface area contributed by atoms with E-state index < -0.39 is 10.9 Å². The summed E-state index contributed by atoms with van der Waals surface area (Å²) in [4.78, 5) is 0. The Bertz CT molecular complexity index is 14.9. The molecule has 0 bridgehead atoms. The van der Waals surface area contributed by atoms with Crippen molar-refractivity contribution in [3.05, 3.63) is 0 Å². The van der Waals surface area contributed by atoms with Crippen molar-refractivity contribution in [1.29, 1.82) is 0 Å². The van der Waals surface area contributed by atoms with Crippen LogP contribution in [-0.4, -0.2) is 16.4 Å². The van der Waals surface area contributed by atoms with Crippen LogP contribution in [0.4, 0.5) is 0 Å². The molecule has 54 valence electrons. The molecule has 0 heterocycles. The number of halogens is 3. The first-order valence-corrected chi connectivity index (χ1v) is 4.68. The van der Waals surface area contributed by atoms with E-state index in [9.17, 15) is 0 Å². The summed E-state index contributed by atoms with van der Waals surface area (Å²) in [5.41, 5.74) is 0. The van der Waals surface area contributed by atoms with Crippen molar-refractivity contribution in [2.24, 2.45) is 0 Å². The van der Waals surface area contributed by atoms with Gasteiger partial charge in [0.1, 0.15) is 0 Å². The van der Waals surface area contributed by atoms with Crippen LogP contribution in [0.15, 0.2) is 0 Å². The van der Waals surface area contributed by atoms with Gasteiger partial charge in [-0.25, -0.2) is 0 Å². The Kier molecular flexibility index (Phi) is 53.7. The van der Waals surface area contributed by atoms with Crippen LogP contribution >= 0.6 is 30.4 Å². The maximum atomic E-state index is 4.87. The van der Waals surface area contributed by atoms with Gasteiger partial charge < -0.3 is 16.4 Å². The van der Waals surface area contributed by atoms with E-state index in [0.29, 0.717) is 0 Å². The van der Waals surface area contributed by atoms with Gasteiger partial charge in [-0.1, -0.05) is 0 Å². The average molecular weight is 219 g/mol. The van der Waals surface area contributed by atoms with Gasteiger partial charge >= 0.3 is 41.4 Å². The molecule has 0 unspecified atom stereocenters. The molecule has 0 atom stereocenters. The summed E-state index contributed by atoms with van der Waals surface area (Å²) in [5.74, 6) is 0. The van der Waals surface area contributed by atoms with Gasteiger partial charge in [-0.05, 0) is 0 Å². The SMILES string of the molecule is O.O.O.[Cl][Co]([Cl])[Cl]. The second-order valence-electron chi connectivity index (χ2n) is 0.143. The van der Waals surface area contributed by atoms with Gasteiger partial charge in [0.05, 0.1) is 0 Å². The van der Waals surface area contributed by atoms with E-state index in [4.69, 9.17) is 30.4 Å². The molecular formula is H6Cl3CoO3. The first-order valence-electron chi connectivity index (χ1n) is 0.378. The standard InChI is InChI=1S/3ClH.Co.3H2O/h3*1H;;3*1H2/q;;;+3;;;/p-3. The predicted octanol–water partition coefficient (Wildman–Crippen LogP) is -0.408. The first-order chi connectivity index (χ1) is 1.73. The van der Waals surface area contributed by atoms with Crippen LogP contribution in [0.5, 0.6) is 0 Å². The van der Waals surface area contributed by atoms with Gasteiger partial charge in [0.25, 0.3) is 0 Å². The third-order valence-corrected chi connectivity index (χ3v) is 0. The van der Waals surface area contributed by atoms with E-state index in [1.807, 2.05) is 0 Å². The average Bonchev–Trinajstić information content (AvgIpc) is 0.811. The third-order valence-electron chi connectivity index (χ3n) is 0. The van der Waals surface area contributed by atoms with Crippen molar-refractivity contribution in [3.63, 3.8) is 0 Å². The van der Waals surface area contributed by atoms with Crippen molar-refractivity contribution < 1.29 is 27.4 Å². The maximum absolute atomic E-state index is 4.87. The summed E-state index contributed by atoms with van der Waals surface area (Å²) in [6.07, 6.45) is 0. The zero-order chi connectivity index (χ0) is 3.58. The molecule has 0 rings (SSSR count). The zero-order valence-electron chi connectivity index (χ0n) is 2.97. The third kappa shape index (κ3) is 127. The molecule has 0 radical (unpaired) electrons. The van der Waals surface area contributed by atoms with E-state index in [-0.39, 0.29) is 16.4 Å². The first kappa shape index (κ1) is 24.0. The minimum absolute atomic E-state index is 0. The molecule has 0 amide bonds. The van der Waals surface area contributed by atoms with E-state index in [0.717, 1.165) is 0 Å². The monoisotopic (exact) mass is 218 g/mol. The number of rotatable bonds is 0. The Morgan fingerprint density at radius 3 is 0.714 bits per heavy atom. The molecule has 7 heavy (non-hydrogen) atoms. The van der Waals surface area contributed by atoms with Crippen molar-refractivity contribution in [2.45, 2.75) is 0 Å². The van der Waals surface area contributed by atoms with Gasteiger partial charge in [-0.15, -0.1) is 0 Å². The molecule has 0 saturated carbocycles. The Morgan fingerprint density at radius 2 is 0.714 bits per heavy atom. The summed E-state index contributed by atoms with van der Waals surface area (Å²) in [7, 11) is 13.4. The predicted molar refractivity (Wildman–Crippen MR) is 28.4 cm³/mol. The van der Waals surface area contributed by atoms with Crippen LogP contribution in [0, 0.1) is 0 Å². The van der Waals surface area contributed by atoms with Crippen LogP contribution in [0.3, 0.4) is 0 Å². The van der Waals surface area contributed by atoms with Crippen LogP contribution in [0.1, 0.15) is 0 Å². The normalized spacial score (nSPS) is 6.43. The summed E-state index contributed by atoms with van der Waals surface area (Å²) in [5, 5.41) is 0. The zero-order valence-corrected chi connectivity index (χ0v) is 6.28. The Hall–Kier alpha value is 1.26. The van der Waals surface area contributed by atoms with E-state index in [1.54, 1.807) is 0 Å². The van der Waals surface area contributed by atoms with Crippen LogP contribution in [-0.2, 0) is 10.9 Å². The molecule has 0 aromatic heterocycles. The molecule has 0 saturated heterocycles. The van der Waals surface area contributed by atoms with E-state index in [2.05, 4.69) is 0 Å². The fourth-order valence-electron chi connectivity index (χ4n) is 0. The van der Waals surface area contributed by atoms with Crippen LogP contribution < -0.4 is 0 Å². The topological polar surface area (TPSA) is 94.5 Å². The van der Waals surface area contributed by atoms with Crippen LogP contribution in [0.2, 0.25) is 0 Å². The van der Waals surface area contributed by atoms with E-state index in [1.165, 1.54) is 0 Å². The quantitative estimate of drug-likeness (QED) is 0.529. The van der Waals surface area contributed by atoms with Gasteiger partial charge in [0.2, 0.25) is 0 Å². The molecular weight excluding hydrogens is 213 g/mol. The fourth-order valence-corrected chi connectivity index (χ4v) is 0. The molecule has 3 nitrogen and oxygen atoms in total. The second-order valence-corrected chi connectivity index (χ2v) is 5.30. The van der Waals surface area contributed by atoms with Crippen molar-refractivity contribution >= 4 is 30.4 Å². The Balaban J connectivity index is -0.0000000150. The summed E-state index contributed by atoms with van der Waals surface area (Å²) < 4.78 is 0. The Morgan fingerprint density at radius 1 is 0.714 bits per heavy atom. The summed E-state index contributed by atoms with van der Waals surface area (Å²) >= 11 is 0. The van der Waals surface area contributed by atoms with Crippen molar-refractivity contribution in [2.75, 3.05) is 0 Å². The Labute approximate surface area is 58.0 Å². The van der Waals surface area contributed by atoms with Gasteiger partial charge in [0.15, 0.2) is 0 Å². The molecule has 0 aliphatic heterocycles. The number of hydrogen-bond acceptors (Lipinski definition) is 0. The summed E-state index contributed by atoms with van der Waals surface area (Å²) in [6.45, 7) is 0. The van der Waals surface area contributed by atoms with Crippen molar-refractivity contribution in [3.8, 4) is 0 Å². The molecule has 0 aliphatic carbocycles. The molecule has 0 aliphatic rings. The second kappa shape index (κ2) is 15.7. The van der Waals surface area contributed by atoms with Crippen molar-refractivity contribution in [1.82, 2.24) is 0 Å². The molecule has 0 fully saturated rings. The number of hydrogen-bond donors (Lipinski definition) is 0. The molecule has 0 spiro atoms. The van der Waals surface area contributed by atoms with Gasteiger partial charge in [-0.3, -0.25) is 0 Å². The van der Waals surface area contributed by atoms with E-state index >= 15 is 0 Å². The van der Waals surface area contributed by atoms with Crippen LogP contribution in [0.25, 0.3) is 0 Å². The summed E-state index contributed by atoms with van der Waals surface area (Å²) in [6, 6.07) is 0. The molecule has 0 aromatic carbocycles. The minimum atomic E-state index is -1.19.